The highest BCUT2D eigenvalue weighted by molar-refractivity contribution is 7.99. The van der Waals surface area contributed by atoms with Crippen LogP contribution in [0.4, 0.5) is 5.69 Å². The van der Waals surface area contributed by atoms with Crippen LogP contribution in [0.2, 0.25) is 0 Å². The number of thioether (sulfide) groups is 1. The van der Waals surface area contributed by atoms with Gasteiger partial charge in [-0.1, -0.05) is 30.5 Å². The minimum Gasteiger partial charge on any atom is -0.354 e. The molecule has 0 aromatic heterocycles. The van der Waals surface area contributed by atoms with Gasteiger partial charge in [0.15, 0.2) is 0 Å². The van der Waals surface area contributed by atoms with E-state index in [1.165, 1.54) is 30.0 Å². The van der Waals surface area contributed by atoms with Gasteiger partial charge in [0.25, 0.3) is 0 Å². The van der Waals surface area contributed by atoms with Gasteiger partial charge < -0.3 is 5.32 Å². The molecule has 5 nitrogen and oxygen atoms in total. The molecule has 1 aromatic rings. The molecule has 0 atom stereocenters. The van der Waals surface area contributed by atoms with Crippen molar-refractivity contribution in [3.63, 3.8) is 0 Å². The smallest absolute Gasteiger partial charge is 0.240 e. The molecule has 1 saturated carbocycles. The molecule has 0 spiro atoms. The van der Waals surface area contributed by atoms with Crippen LogP contribution in [0.15, 0.2) is 12.1 Å². The molecule has 0 saturated heterocycles. The molecule has 1 aliphatic rings. The molecule has 2 rings (SSSR count). The van der Waals surface area contributed by atoms with Crippen LogP contribution in [0.3, 0.4) is 0 Å². The second kappa shape index (κ2) is 9.13. The lowest BCUT2D eigenvalue weighted by Gasteiger charge is -2.26. The van der Waals surface area contributed by atoms with Crippen LogP contribution in [0, 0.1) is 20.8 Å². The van der Waals surface area contributed by atoms with Crippen LogP contribution in [0.1, 0.15) is 42.4 Å². The summed E-state index contributed by atoms with van der Waals surface area (Å²) in [6.45, 7) is 6.12. The summed E-state index contributed by atoms with van der Waals surface area (Å²) in [7, 11) is -3.55. The summed E-state index contributed by atoms with van der Waals surface area (Å²) < 4.78 is 25.8. The number of anilines is 1. The van der Waals surface area contributed by atoms with E-state index < -0.39 is 10.0 Å². The number of amides is 1. The summed E-state index contributed by atoms with van der Waals surface area (Å²) in [6.07, 6.45) is 6.30. The van der Waals surface area contributed by atoms with Gasteiger partial charge in [0.2, 0.25) is 15.9 Å². The van der Waals surface area contributed by atoms with Crippen molar-refractivity contribution >= 4 is 33.4 Å². The van der Waals surface area contributed by atoms with Crippen molar-refractivity contribution in [1.29, 1.82) is 0 Å². The van der Waals surface area contributed by atoms with Crippen LogP contribution in [0.25, 0.3) is 0 Å². The minimum absolute atomic E-state index is 0.183. The molecule has 1 N–H and O–H groups in total. The highest BCUT2D eigenvalue weighted by atomic mass is 32.2. The van der Waals surface area contributed by atoms with Gasteiger partial charge in [-0.05, 0) is 44.7 Å². The number of nitrogens with one attached hydrogen (secondary N) is 1. The average molecular weight is 399 g/mol. The molecular formula is C19H30N2O3S2. The number of hydrogen-bond acceptors (Lipinski definition) is 4. The third kappa shape index (κ3) is 5.91. The third-order valence-electron chi connectivity index (χ3n) is 4.65. The predicted molar refractivity (Wildman–Crippen MR) is 111 cm³/mol. The van der Waals surface area contributed by atoms with E-state index in [2.05, 4.69) is 5.32 Å². The Morgan fingerprint density at radius 2 is 1.77 bits per heavy atom. The monoisotopic (exact) mass is 398 g/mol. The first-order chi connectivity index (χ1) is 12.2. The number of sulfonamides is 1. The van der Waals surface area contributed by atoms with E-state index in [1.807, 2.05) is 44.7 Å². The third-order valence-corrected chi connectivity index (χ3v) is 7.15. The lowest BCUT2D eigenvalue weighted by Crippen LogP contribution is -2.41. The number of hydrogen-bond donors (Lipinski definition) is 1. The van der Waals surface area contributed by atoms with Crippen molar-refractivity contribution in [3.05, 3.63) is 28.8 Å². The largest absolute Gasteiger partial charge is 0.354 e. The lowest BCUT2D eigenvalue weighted by atomic mass is 10.1. The Balaban J connectivity index is 1.99. The zero-order chi connectivity index (χ0) is 19.3. The predicted octanol–water partition coefficient (Wildman–Crippen LogP) is 3.17. The van der Waals surface area contributed by atoms with Crippen LogP contribution in [0.5, 0.6) is 0 Å². The zero-order valence-corrected chi connectivity index (χ0v) is 17.8. The Bertz CT molecular complexity index is 718. The molecule has 0 aliphatic heterocycles. The topological polar surface area (TPSA) is 66.5 Å². The molecule has 0 radical (unpaired) electrons. The van der Waals surface area contributed by atoms with E-state index in [1.54, 1.807) is 0 Å². The van der Waals surface area contributed by atoms with Crippen molar-refractivity contribution < 1.29 is 13.2 Å². The maximum absolute atomic E-state index is 12.3. The van der Waals surface area contributed by atoms with Crippen molar-refractivity contribution in [3.8, 4) is 0 Å². The molecule has 7 heteroatoms. The van der Waals surface area contributed by atoms with Gasteiger partial charge >= 0.3 is 0 Å². The van der Waals surface area contributed by atoms with Crippen LogP contribution < -0.4 is 9.62 Å². The number of carbonyl (C=O) groups is 1. The highest BCUT2D eigenvalue weighted by Gasteiger charge is 2.24. The van der Waals surface area contributed by atoms with Gasteiger partial charge in [-0.15, -0.1) is 0 Å². The normalized spacial score (nSPS) is 15.2. The van der Waals surface area contributed by atoms with E-state index in [-0.39, 0.29) is 12.5 Å². The lowest BCUT2D eigenvalue weighted by molar-refractivity contribution is -0.119. The molecular weight excluding hydrogens is 368 g/mol. The fourth-order valence-corrected chi connectivity index (χ4v) is 5.78. The average Bonchev–Trinajstić information content (AvgIpc) is 3.02. The summed E-state index contributed by atoms with van der Waals surface area (Å²) in [4.78, 5) is 12.3. The standard InChI is InChI=1S/C19H30N2O3S2/c1-14-11-15(2)19(16(3)12-14)21(26(4,23)24)13-18(22)20-9-10-25-17-7-5-6-8-17/h11-12,17H,5-10,13H2,1-4H3,(H,20,22). The van der Waals surface area contributed by atoms with Crippen molar-refractivity contribution in [2.75, 3.05) is 29.4 Å². The molecule has 0 heterocycles. The minimum atomic E-state index is -3.55. The summed E-state index contributed by atoms with van der Waals surface area (Å²) in [5.74, 6) is 0.611. The number of aryl methyl sites for hydroxylation is 3. The number of rotatable bonds is 8. The maximum atomic E-state index is 12.3. The van der Waals surface area contributed by atoms with Gasteiger partial charge in [0.1, 0.15) is 6.54 Å². The van der Waals surface area contributed by atoms with E-state index >= 15 is 0 Å². The summed E-state index contributed by atoms with van der Waals surface area (Å²) >= 11 is 1.91. The van der Waals surface area contributed by atoms with Gasteiger partial charge in [-0.25, -0.2) is 8.42 Å². The van der Waals surface area contributed by atoms with Crippen molar-refractivity contribution in [1.82, 2.24) is 5.32 Å². The van der Waals surface area contributed by atoms with E-state index in [0.717, 1.165) is 33.9 Å². The summed E-state index contributed by atoms with van der Waals surface area (Å²) in [5, 5.41) is 3.58. The second-order valence-electron chi connectivity index (χ2n) is 7.14. The maximum Gasteiger partial charge on any atom is 0.240 e. The Hall–Kier alpha value is -1.21. The molecule has 1 amide bonds. The second-order valence-corrected chi connectivity index (χ2v) is 10.5. The first-order valence-corrected chi connectivity index (χ1v) is 12.0. The quantitative estimate of drug-likeness (QED) is 0.683. The van der Waals surface area contributed by atoms with Crippen LogP contribution >= 0.6 is 11.8 Å². The van der Waals surface area contributed by atoms with Crippen LogP contribution in [-0.4, -0.2) is 44.7 Å². The van der Waals surface area contributed by atoms with Crippen LogP contribution in [-0.2, 0) is 14.8 Å². The summed E-state index contributed by atoms with van der Waals surface area (Å²) in [6, 6.07) is 3.88. The molecule has 1 fully saturated rings. The number of nitrogens with zero attached hydrogens (tertiary/aromatic N) is 1. The SMILES string of the molecule is Cc1cc(C)c(N(CC(=O)NCCSC2CCCC2)S(C)(=O)=O)c(C)c1. The molecule has 0 unspecified atom stereocenters. The molecule has 0 bridgehead atoms. The van der Waals surface area contributed by atoms with Crippen molar-refractivity contribution in [2.45, 2.75) is 51.7 Å². The fourth-order valence-electron chi connectivity index (χ4n) is 3.59. The first kappa shape index (κ1) is 21.1. The molecule has 1 aliphatic carbocycles. The number of benzene rings is 1. The van der Waals surface area contributed by atoms with E-state index in [4.69, 9.17) is 0 Å². The Kier molecular flexibility index (Phi) is 7.41. The Morgan fingerprint density at radius 3 is 2.31 bits per heavy atom. The van der Waals surface area contributed by atoms with E-state index in [9.17, 15) is 13.2 Å². The molecule has 1 aromatic carbocycles. The van der Waals surface area contributed by atoms with Gasteiger partial charge in [0, 0.05) is 17.5 Å². The summed E-state index contributed by atoms with van der Waals surface area (Å²) in [5.41, 5.74) is 3.40. The Labute approximate surface area is 162 Å². The number of carbonyl (C=O) groups excluding carboxylic acids is 1. The van der Waals surface area contributed by atoms with Gasteiger partial charge in [-0.3, -0.25) is 9.10 Å². The van der Waals surface area contributed by atoms with Crippen molar-refractivity contribution in [2.24, 2.45) is 0 Å². The molecule has 26 heavy (non-hydrogen) atoms. The molecule has 146 valence electrons. The fraction of sp³-hybridized carbons (Fsp3) is 0.632. The Morgan fingerprint density at radius 1 is 1.19 bits per heavy atom. The highest BCUT2D eigenvalue weighted by Crippen LogP contribution is 2.29. The van der Waals surface area contributed by atoms with Gasteiger partial charge in [0.05, 0.1) is 11.9 Å². The van der Waals surface area contributed by atoms with E-state index in [0.29, 0.717) is 12.2 Å². The van der Waals surface area contributed by atoms with Gasteiger partial charge in [-0.2, -0.15) is 11.8 Å². The first-order valence-electron chi connectivity index (χ1n) is 9.12. The zero-order valence-electron chi connectivity index (χ0n) is 16.2.